The van der Waals surface area contributed by atoms with E-state index in [1.165, 1.54) is 6.33 Å². The second-order valence-corrected chi connectivity index (χ2v) is 6.33. The fourth-order valence-corrected chi connectivity index (χ4v) is 3.33. The number of pyridine rings is 1. The molecule has 0 spiro atoms. The van der Waals surface area contributed by atoms with Gasteiger partial charge in [0.25, 0.3) is 0 Å². The number of aromatic nitrogens is 4. The minimum atomic E-state index is -0.0867. The number of benzene rings is 1. The number of carbonyl (C=O) groups excluding carboxylic acids is 1. The maximum atomic E-state index is 12.8. The molecule has 1 atom stereocenters. The van der Waals surface area contributed by atoms with Gasteiger partial charge in [0, 0.05) is 31.0 Å². The number of anilines is 1. The number of piperidine rings is 1. The normalized spacial score (nSPS) is 17.1. The Balaban J connectivity index is 1.50. The monoisotopic (exact) mass is 348 g/mol. The number of hydrogen-bond acceptors (Lipinski definition) is 4. The van der Waals surface area contributed by atoms with E-state index >= 15 is 0 Å². The van der Waals surface area contributed by atoms with Crippen LogP contribution in [0.15, 0.2) is 61.4 Å². The summed E-state index contributed by atoms with van der Waals surface area (Å²) in [5.41, 5.74) is 2.80. The highest BCUT2D eigenvalue weighted by molar-refractivity contribution is 5.94. The van der Waals surface area contributed by atoms with Gasteiger partial charge in [-0.25, -0.2) is 14.5 Å². The number of carbonyl (C=O) groups is 1. The van der Waals surface area contributed by atoms with Crippen molar-refractivity contribution in [1.82, 2.24) is 24.6 Å². The number of para-hydroxylation sites is 1. The maximum absolute atomic E-state index is 12.8. The van der Waals surface area contributed by atoms with Crippen molar-refractivity contribution >= 4 is 11.7 Å². The van der Waals surface area contributed by atoms with E-state index in [0.29, 0.717) is 6.54 Å². The summed E-state index contributed by atoms with van der Waals surface area (Å²) in [6.07, 6.45) is 8.70. The molecule has 3 aromatic rings. The van der Waals surface area contributed by atoms with Gasteiger partial charge < -0.3 is 10.2 Å². The molecule has 0 radical (unpaired) electrons. The summed E-state index contributed by atoms with van der Waals surface area (Å²) >= 11 is 0. The van der Waals surface area contributed by atoms with Gasteiger partial charge in [0.1, 0.15) is 12.7 Å². The summed E-state index contributed by atoms with van der Waals surface area (Å²) in [6, 6.07) is 11.8. The van der Waals surface area contributed by atoms with Crippen LogP contribution in [-0.2, 0) is 0 Å². The van der Waals surface area contributed by atoms with Crippen molar-refractivity contribution in [2.75, 3.05) is 18.4 Å². The summed E-state index contributed by atoms with van der Waals surface area (Å²) < 4.78 is 1.84. The highest BCUT2D eigenvalue weighted by Crippen LogP contribution is 2.28. The Labute approximate surface area is 151 Å². The van der Waals surface area contributed by atoms with Crippen LogP contribution in [0.25, 0.3) is 11.1 Å². The summed E-state index contributed by atoms with van der Waals surface area (Å²) in [4.78, 5) is 22.7. The Morgan fingerprint density at radius 1 is 1.12 bits per heavy atom. The third-order valence-electron chi connectivity index (χ3n) is 4.65. The summed E-state index contributed by atoms with van der Waals surface area (Å²) in [6.45, 7) is 1.38. The molecule has 0 saturated carbocycles. The number of hydrogen-bond donors (Lipinski definition) is 1. The minimum absolute atomic E-state index is 0.0867. The lowest BCUT2D eigenvalue weighted by atomic mass is 10.0. The van der Waals surface area contributed by atoms with Crippen LogP contribution in [0.2, 0.25) is 0 Å². The maximum Gasteiger partial charge on any atom is 0.321 e. The first kappa shape index (κ1) is 16.3. The first-order chi connectivity index (χ1) is 12.8. The first-order valence-electron chi connectivity index (χ1n) is 8.71. The molecule has 2 amide bonds. The predicted octanol–water partition coefficient (Wildman–Crippen LogP) is 3.21. The van der Waals surface area contributed by atoms with Crippen molar-refractivity contribution in [3.05, 3.63) is 61.4 Å². The third kappa shape index (κ3) is 3.42. The average Bonchev–Trinajstić information content (AvgIpc) is 3.24. The number of rotatable bonds is 3. The zero-order valence-corrected chi connectivity index (χ0v) is 14.3. The molecule has 3 heterocycles. The number of amides is 2. The fourth-order valence-electron chi connectivity index (χ4n) is 3.33. The second kappa shape index (κ2) is 7.35. The van der Waals surface area contributed by atoms with Crippen LogP contribution in [0.5, 0.6) is 0 Å². The van der Waals surface area contributed by atoms with Crippen molar-refractivity contribution < 1.29 is 4.79 Å². The van der Waals surface area contributed by atoms with Crippen LogP contribution < -0.4 is 5.32 Å². The van der Waals surface area contributed by atoms with E-state index in [0.717, 1.165) is 36.2 Å². The Morgan fingerprint density at radius 3 is 2.77 bits per heavy atom. The Kier molecular flexibility index (Phi) is 4.59. The van der Waals surface area contributed by atoms with Crippen molar-refractivity contribution in [2.24, 2.45) is 0 Å². The van der Waals surface area contributed by atoms with E-state index in [4.69, 9.17) is 0 Å². The molecule has 7 heteroatoms. The van der Waals surface area contributed by atoms with Crippen LogP contribution in [0, 0.1) is 0 Å². The van der Waals surface area contributed by atoms with Crippen molar-refractivity contribution in [1.29, 1.82) is 0 Å². The van der Waals surface area contributed by atoms with Gasteiger partial charge in [0.05, 0.1) is 11.7 Å². The number of urea groups is 1. The van der Waals surface area contributed by atoms with Gasteiger partial charge in [-0.1, -0.05) is 18.2 Å². The van der Waals surface area contributed by atoms with Gasteiger partial charge in [-0.2, -0.15) is 5.10 Å². The number of nitrogens with zero attached hydrogens (tertiary/aromatic N) is 5. The van der Waals surface area contributed by atoms with Gasteiger partial charge >= 0.3 is 6.03 Å². The SMILES string of the molecule is O=C(Nc1ccccc1-c1ccncc1)N1CCCC(n2cncn2)C1. The van der Waals surface area contributed by atoms with Crippen molar-refractivity contribution in [3.8, 4) is 11.1 Å². The molecule has 1 aliphatic rings. The molecule has 1 fully saturated rings. The van der Waals surface area contributed by atoms with Crippen molar-refractivity contribution in [3.63, 3.8) is 0 Å². The fraction of sp³-hybridized carbons (Fsp3) is 0.263. The van der Waals surface area contributed by atoms with Crippen molar-refractivity contribution in [2.45, 2.75) is 18.9 Å². The van der Waals surface area contributed by atoms with E-state index in [1.54, 1.807) is 18.7 Å². The van der Waals surface area contributed by atoms with Crippen LogP contribution in [0.4, 0.5) is 10.5 Å². The molecule has 1 aromatic carbocycles. The molecular weight excluding hydrogens is 328 g/mol. The lowest BCUT2D eigenvalue weighted by Crippen LogP contribution is -2.43. The molecule has 4 rings (SSSR count). The van der Waals surface area contributed by atoms with E-state index < -0.39 is 0 Å². The van der Waals surface area contributed by atoms with Gasteiger partial charge in [-0.15, -0.1) is 0 Å². The van der Waals surface area contributed by atoms with Crippen LogP contribution >= 0.6 is 0 Å². The van der Waals surface area contributed by atoms with E-state index in [9.17, 15) is 4.79 Å². The van der Waals surface area contributed by atoms with Gasteiger partial charge in [0.15, 0.2) is 0 Å². The van der Waals surface area contributed by atoms with E-state index in [1.807, 2.05) is 46.0 Å². The molecular formula is C19H20N6O. The average molecular weight is 348 g/mol. The first-order valence-corrected chi connectivity index (χ1v) is 8.71. The Bertz CT molecular complexity index is 865. The summed E-state index contributed by atoms with van der Waals surface area (Å²) in [7, 11) is 0. The molecule has 7 nitrogen and oxygen atoms in total. The third-order valence-corrected chi connectivity index (χ3v) is 4.65. The zero-order valence-electron chi connectivity index (χ0n) is 14.3. The number of nitrogens with one attached hydrogen (secondary N) is 1. The highest BCUT2D eigenvalue weighted by Gasteiger charge is 2.25. The largest absolute Gasteiger partial charge is 0.322 e. The van der Waals surface area contributed by atoms with Gasteiger partial charge in [-0.3, -0.25) is 4.98 Å². The lowest BCUT2D eigenvalue weighted by molar-refractivity contribution is 0.174. The molecule has 2 aromatic heterocycles. The summed E-state index contributed by atoms with van der Waals surface area (Å²) in [5.74, 6) is 0. The highest BCUT2D eigenvalue weighted by atomic mass is 16.2. The van der Waals surface area contributed by atoms with Crippen LogP contribution in [0.3, 0.4) is 0 Å². The van der Waals surface area contributed by atoms with Crippen LogP contribution in [-0.4, -0.2) is 43.8 Å². The molecule has 1 N–H and O–H groups in total. The Hall–Kier alpha value is -3.22. The molecule has 1 aliphatic heterocycles. The molecule has 0 aliphatic carbocycles. The molecule has 132 valence electrons. The lowest BCUT2D eigenvalue weighted by Gasteiger charge is -2.32. The zero-order chi connectivity index (χ0) is 17.8. The minimum Gasteiger partial charge on any atom is -0.322 e. The van der Waals surface area contributed by atoms with Crippen LogP contribution in [0.1, 0.15) is 18.9 Å². The standard InChI is InChI=1S/C19H20N6O/c26-19(24-11-3-4-16(12-24)25-14-21-13-22-25)23-18-6-2-1-5-17(18)15-7-9-20-10-8-15/h1-2,5-10,13-14,16H,3-4,11-12H2,(H,23,26). The number of likely N-dealkylation sites (tertiary alicyclic amines) is 1. The molecule has 26 heavy (non-hydrogen) atoms. The van der Waals surface area contributed by atoms with Gasteiger partial charge in [-0.05, 0) is 36.6 Å². The Morgan fingerprint density at radius 2 is 1.96 bits per heavy atom. The topological polar surface area (TPSA) is 75.9 Å². The van der Waals surface area contributed by atoms with E-state index in [-0.39, 0.29) is 12.1 Å². The second-order valence-electron chi connectivity index (χ2n) is 6.33. The van der Waals surface area contributed by atoms with Gasteiger partial charge in [0.2, 0.25) is 0 Å². The summed E-state index contributed by atoms with van der Waals surface area (Å²) in [5, 5.41) is 7.28. The van der Waals surface area contributed by atoms with E-state index in [2.05, 4.69) is 20.4 Å². The quantitative estimate of drug-likeness (QED) is 0.788. The predicted molar refractivity (Wildman–Crippen MR) is 98.6 cm³/mol. The smallest absolute Gasteiger partial charge is 0.321 e. The molecule has 1 unspecified atom stereocenters. The molecule has 1 saturated heterocycles. The molecule has 0 bridgehead atoms.